The third-order valence-electron chi connectivity index (χ3n) is 3.92. The van der Waals surface area contributed by atoms with E-state index in [9.17, 15) is 4.79 Å². The molecule has 1 saturated carbocycles. The van der Waals surface area contributed by atoms with Crippen LogP contribution in [0.3, 0.4) is 0 Å². The van der Waals surface area contributed by atoms with Gasteiger partial charge < -0.3 is 4.74 Å². The Hall–Kier alpha value is -1.31. The highest BCUT2D eigenvalue weighted by atomic mass is 16.5. The van der Waals surface area contributed by atoms with Crippen molar-refractivity contribution < 1.29 is 9.53 Å². The molecule has 0 amide bonds. The van der Waals surface area contributed by atoms with Gasteiger partial charge in [-0.2, -0.15) is 0 Å². The average Bonchev–Trinajstić information content (AvgIpc) is 2.37. The Bertz CT molecular complexity index is 417. The summed E-state index contributed by atoms with van der Waals surface area (Å²) >= 11 is 0. The van der Waals surface area contributed by atoms with Crippen LogP contribution in [0.2, 0.25) is 0 Å². The standard InChI is InChI=1S/C16H22O2/c1-4-5-6-12-7-9-13(10-8-12)18-15-11-14(17)16(15,2)3/h7-10,15H,4-6,11H2,1-3H3. The number of hydrogen-bond donors (Lipinski definition) is 0. The van der Waals surface area contributed by atoms with E-state index in [1.165, 1.54) is 18.4 Å². The lowest BCUT2D eigenvalue weighted by Crippen LogP contribution is -2.52. The molecule has 1 aromatic rings. The summed E-state index contributed by atoms with van der Waals surface area (Å²) in [6, 6.07) is 8.28. The predicted octanol–water partition coefficient (Wildman–Crippen LogP) is 3.78. The zero-order chi connectivity index (χ0) is 13.2. The van der Waals surface area contributed by atoms with Gasteiger partial charge in [0.2, 0.25) is 0 Å². The highest BCUT2D eigenvalue weighted by molar-refractivity contribution is 5.91. The second-order valence-corrected chi connectivity index (χ2v) is 5.70. The van der Waals surface area contributed by atoms with Gasteiger partial charge >= 0.3 is 0 Å². The van der Waals surface area contributed by atoms with Crippen LogP contribution in [0.15, 0.2) is 24.3 Å². The Labute approximate surface area is 109 Å². The van der Waals surface area contributed by atoms with Crippen LogP contribution in [-0.2, 0) is 11.2 Å². The van der Waals surface area contributed by atoms with Gasteiger partial charge in [0.15, 0.2) is 0 Å². The number of unbranched alkanes of at least 4 members (excludes halogenated alkanes) is 1. The molecule has 1 atom stereocenters. The molecule has 0 aromatic heterocycles. The number of benzene rings is 1. The van der Waals surface area contributed by atoms with Gasteiger partial charge in [0.25, 0.3) is 0 Å². The van der Waals surface area contributed by atoms with E-state index in [4.69, 9.17) is 4.74 Å². The Kier molecular flexibility index (Phi) is 3.74. The molecule has 0 N–H and O–H groups in total. The van der Waals surface area contributed by atoms with Crippen molar-refractivity contribution in [2.45, 2.75) is 52.6 Å². The maximum Gasteiger partial charge on any atom is 0.145 e. The molecule has 0 spiro atoms. The second-order valence-electron chi connectivity index (χ2n) is 5.70. The number of hydrogen-bond acceptors (Lipinski definition) is 2. The monoisotopic (exact) mass is 246 g/mol. The van der Waals surface area contributed by atoms with Gasteiger partial charge in [0.05, 0.1) is 5.41 Å². The topological polar surface area (TPSA) is 26.3 Å². The molecule has 0 heterocycles. The third kappa shape index (κ3) is 2.58. The Balaban J connectivity index is 1.93. The summed E-state index contributed by atoms with van der Waals surface area (Å²) < 4.78 is 5.87. The van der Waals surface area contributed by atoms with E-state index in [1.54, 1.807) is 0 Å². The van der Waals surface area contributed by atoms with Crippen LogP contribution in [0.1, 0.15) is 45.6 Å². The molecular weight excluding hydrogens is 224 g/mol. The van der Waals surface area contributed by atoms with Crippen molar-refractivity contribution >= 4 is 5.78 Å². The van der Waals surface area contributed by atoms with Crippen LogP contribution in [-0.4, -0.2) is 11.9 Å². The lowest BCUT2D eigenvalue weighted by molar-refractivity contribution is -0.148. The van der Waals surface area contributed by atoms with Crippen molar-refractivity contribution in [3.63, 3.8) is 0 Å². The van der Waals surface area contributed by atoms with E-state index in [1.807, 2.05) is 26.0 Å². The molecule has 0 aliphatic heterocycles. The first-order valence-corrected chi connectivity index (χ1v) is 6.83. The number of Topliss-reactive ketones (excluding diaryl/α,β-unsaturated/α-hetero) is 1. The highest BCUT2D eigenvalue weighted by Crippen LogP contribution is 2.39. The van der Waals surface area contributed by atoms with E-state index < -0.39 is 0 Å². The first kappa shape index (κ1) is 13.1. The van der Waals surface area contributed by atoms with E-state index in [0.29, 0.717) is 12.2 Å². The minimum Gasteiger partial charge on any atom is -0.489 e. The number of ether oxygens (including phenoxy) is 1. The maximum atomic E-state index is 11.4. The summed E-state index contributed by atoms with van der Waals surface area (Å²) in [6.07, 6.45) is 4.15. The summed E-state index contributed by atoms with van der Waals surface area (Å²) in [5, 5.41) is 0. The fourth-order valence-electron chi connectivity index (χ4n) is 2.20. The molecule has 2 heteroatoms. The summed E-state index contributed by atoms with van der Waals surface area (Å²) in [4.78, 5) is 11.4. The van der Waals surface area contributed by atoms with Crippen LogP contribution in [0.4, 0.5) is 0 Å². The van der Waals surface area contributed by atoms with Crippen molar-refractivity contribution in [1.82, 2.24) is 0 Å². The normalized spacial score (nSPS) is 21.5. The molecule has 1 unspecified atom stereocenters. The Morgan fingerprint density at radius 1 is 1.28 bits per heavy atom. The smallest absolute Gasteiger partial charge is 0.145 e. The summed E-state index contributed by atoms with van der Waals surface area (Å²) in [6.45, 7) is 6.12. The van der Waals surface area contributed by atoms with Gasteiger partial charge in [0, 0.05) is 6.42 Å². The second kappa shape index (κ2) is 5.13. The first-order valence-electron chi connectivity index (χ1n) is 6.83. The van der Waals surface area contributed by atoms with Crippen LogP contribution in [0, 0.1) is 5.41 Å². The average molecular weight is 246 g/mol. The zero-order valence-corrected chi connectivity index (χ0v) is 11.5. The number of ketones is 1. The fourth-order valence-corrected chi connectivity index (χ4v) is 2.20. The van der Waals surface area contributed by atoms with E-state index in [0.717, 1.165) is 12.2 Å². The van der Waals surface area contributed by atoms with Gasteiger partial charge in [0.1, 0.15) is 17.6 Å². The molecule has 0 bridgehead atoms. The molecule has 1 aliphatic rings. The van der Waals surface area contributed by atoms with Crippen molar-refractivity contribution in [2.24, 2.45) is 5.41 Å². The third-order valence-corrected chi connectivity index (χ3v) is 3.92. The molecule has 1 aromatic carbocycles. The number of carbonyl (C=O) groups is 1. The van der Waals surface area contributed by atoms with E-state index in [2.05, 4.69) is 19.1 Å². The number of rotatable bonds is 5. The van der Waals surface area contributed by atoms with Crippen LogP contribution in [0.25, 0.3) is 0 Å². The molecule has 18 heavy (non-hydrogen) atoms. The first-order chi connectivity index (χ1) is 8.54. The van der Waals surface area contributed by atoms with E-state index in [-0.39, 0.29) is 11.5 Å². The highest BCUT2D eigenvalue weighted by Gasteiger charge is 2.49. The van der Waals surface area contributed by atoms with Gasteiger partial charge in [-0.15, -0.1) is 0 Å². The van der Waals surface area contributed by atoms with Gasteiger partial charge in [-0.1, -0.05) is 25.5 Å². The molecule has 0 saturated heterocycles. The molecule has 2 rings (SSSR count). The Morgan fingerprint density at radius 2 is 1.94 bits per heavy atom. The number of aryl methyl sites for hydroxylation is 1. The molecule has 1 aliphatic carbocycles. The van der Waals surface area contributed by atoms with Crippen LogP contribution >= 0.6 is 0 Å². The van der Waals surface area contributed by atoms with Crippen molar-refractivity contribution in [1.29, 1.82) is 0 Å². The van der Waals surface area contributed by atoms with Gasteiger partial charge in [-0.3, -0.25) is 4.79 Å². The molecule has 98 valence electrons. The van der Waals surface area contributed by atoms with Gasteiger partial charge in [-0.05, 0) is 44.4 Å². The quantitative estimate of drug-likeness (QED) is 0.790. The summed E-state index contributed by atoms with van der Waals surface area (Å²) in [5.74, 6) is 1.17. The lowest BCUT2D eigenvalue weighted by Gasteiger charge is -2.41. The van der Waals surface area contributed by atoms with Crippen LogP contribution in [0.5, 0.6) is 5.75 Å². The van der Waals surface area contributed by atoms with Crippen LogP contribution < -0.4 is 4.74 Å². The molecule has 0 radical (unpaired) electrons. The largest absolute Gasteiger partial charge is 0.489 e. The molecular formula is C16H22O2. The summed E-state index contributed by atoms with van der Waals surface area (Å²) in [5.41, 5.74) is 1.04. The maximum absolute atomic E-state index is 11.4. The SMILES string of the molecule is CCCCc1ccc(OC2CC(=O)C2(C)C)cc1. The lowest BCUT2D eigenvalue weighted by atomic mass is 9.68. The predicted molar refractivity (Wildman–Crippen MR) is 72.9 cm³/mol. The molecule has 2 nitrogen and oxygen atoms in total. The van der Waals surface area contributed by atoms with Gasteiger partial charge in [-0.25, -0.2) is 0 Å². The fraction of sp³-hybridized carbons (Fsp3) is 0.562. The molecule has 1 fully saturated rings. The zero-order valence-electron chi connectivity index (χ0n) is 11.5. The van der Waals surface area contributed by atoms with Crippen molar-refractivity contribution in [2.75, 3.05) is 0 Å². The minimum atomic E-state index is -0.319. The van der Waals surface area contributed by atoms with E-state index >= 15 is 0 Å². The van der Waals surface area contributed by atoms with Crippen molar-refractivity contribution in [3.8, 4) is 5.75 Å². The van der Waals surface area contributed by atoms with Crippen molar-refractivity contribution in [3.05, 3.63) is 29.8 Å². The number of carbonyl (C=O) groups excluding carboxylic acids is 1. The minimum absolute atomic E-state index is 0.0338. The summed E-state index contributed by atoms with van der Waals surface area (Å²) in [7, 11) is 0. The Morgan fingerprint density at radius 3 is 2.44 bits per heavy atom.